The summed E-state index contributed by atoms with van der Waals surface area (Å²) in [5.74, 6) is 0.311. The van der Waals surface area contributed by atoms with Crippen molar-refractivity contribution in [2.45, 2.75) is 13.1 Å². The van der Waals surface area contributed by atoms with Gasteiger partial charge in [-0.3, -0.25) is 4.79 Å². The highest BCUT2D eigenvalue weighted by molar-refractivity contribution is 5.93. The van der Waals surface area contributed by atoms with Gasteiger partial charge in [0.1, 0.15) is 5.82 Å². The molecule has 2 N–H and O–H groups in total. The van der Waals surface area contributed by atoms with Crippen LogP contribution in [0, 0.1) is 5.92 Å². The Kier molecular flexibility index (Phi) is 6.43. The maximum atomic E-state index is 13.0. The van der Waals surface area contributed by atoms with Gasteiger partial charge < -0.3 is 15.2 Å². The Balaban J connectivity index is 1.53. The van der Waals surface area contributed by atoms with Gasteiger partial charge in [0.15, 0.2) is 0 Å². The zero-order valence-corrected chi connectivity index (χ0v) is 19.1. The number of fused-ring (bicyclic) bond motifs is 1. The molecule has 3 aromatic carbocycles. The van der Waals surface area contributed by atoms with E-state index in [2.05, 4.69) is 15.3 Å². The number of nitrogens with one attached hydrogen (secondary N) is 2. The predicted molar refractivity (Wildman–Crippen MR) is 128 cm³/mol. The molecule has 5 nitrogen and oxygen atoms in total. The van der Waals surface area contributed by atoms with E-state index < -0.39 is 11.7 Å². The summed E-state index contributed by atoms with van der Waals surface area (Å²) >= 11 is 0. The van der Waals surface area contributed by atoms with Crippen molar-refractivity contribution in [3.63, 3.8) is 0 Å². The highest BCUT2D eigenvalue weighted by atomic mass is 19.4. The van der Waals surface area contributed by atoms with E-state index in [-0.39, 0.29) is 11.8 Å². The van der Waals surface area contributed by atoms with Crippen LogP contribution in [0.3, 0.4) is 0 Å². The van der Waals surface area contributed by atoms with Gasteiger partial charge in [-0.05, 0) is 55.6 Å². The Bertz CT molecular complexity index is 1310. The Labute approximate surface area is 195 Å². The second kappa shape index (κ2) is 9.30. The third kappa shape index (κ3) is 5.28. The van der Waals surface area contributed by atoms with Crippen LogP contribution in [0.5, 0.6) is 0 Å². The van der Waals surface area contributed by atoms with Gasteiger partial charge in [-0.2, -0.15) is 13.2 Å². The molecule has 0 fully saturated rings. The maximum absolute atomic E-state index is 13.0. The Morgan fingerprint density at radius 1 is 1.00 bits per heavy atom. The first kappa shape index (κ1) is 23.5. The number of H-pyrrole nitrogens is 1. The lowest BCUT2D eigenvalue weighted by Gasteiger charge is -2.17. The molecule has 0 aliphatic heterocycles. The lowest BCUT2D eigenvalue weighted by molar-refractivity contribution is -0.137. The normalized spacial score (nSPS) is 12.8. The summed E-state index contributed by atoms with van der Waals surface area (Å²) in [4.78, 5) is 21.8. The number of amides is 1. The third-order valence-electron chi connectivity index (χ3n) is 5.52. The standard InChI is InChI=1S/C26H25F3N4O/c1-16(15-33(2)3)25(34)30-21-6-4-5-19(13-21)17-7-9-18(10-8-17)24-31-22-12-11-20(26(27,28)29)14-23(22)32-24/h4-14,16H,15H2,1-3H3,(H,30,34)(H,31,32). The first-order valence-corrected chi connectivity index (χ1v) is 10.8. The minimum atomic E-state index is -4.40. The number of rotatable bonds is 6. The quantitative estimate of drug-likeness (QED) is 0.364. The first-order valence-electron chi connectivity index (χ1n) is 10.8. The largest absolute Gasteiger partial charge is 0.416 e. The van der Waals surface area contributed by atoms with Crippen LogP contribution >= 0.6 is 0 Å². The van der Waals surface area contributed by atoms with Gasteiger partial charge in [0.05, 0.1) is 16.6 Å². The molecule has 1 heterocycles. The van der Waals surface area contributed by atoms with Crippen LogP contribution in [0.4, 0.5) is 18.9 Å². The average molecular weight is 467 g/mol. The fourth-order valence-corrected chi connectivity index (χ4v) is 3.82. The van der Waals surface area contributed by atoms with E-state index in [1.165, 1.54) is 6.07 Å². The number of hydrogen-bond acceptors (Lipinski definition) is 3. The molecule has 1 unspecified atom stereocenters. The first-order chi connectivity index (χ1) is 16.1. The molecule has 1 amide bonds. The molecular formula is C26H25F3N4O. The molecule has 0 aliphatic rings. The summed E-state index contributed by atoms with van der Waals surface area (Å²) in [7, 11) is 3.86. The van der Waals surface area contributed by atoms with E-state index >= 15 is 0 Å². The molecule has 1 atom stereocenters. The minimum Gasteiger partial charge on any atom is -0.338 e. The number of benzene rings is 3. The van der Waals surface area contributed by atoms with Crippen LogP contribution < -0.4 is 5.32 Å². The zero-order valence-electron chi connectivity index (χ0n) is 19.1. The lowest BCUT2D eigenvalue weighted by atomic mass is 10.0. The van der Waals surface area contributed by atoms with Gasteiger partial charge in [-0.25, -0.2) is 4.98 Å². The smallest absolute Gasteiger partial charge is 0.338 e. The second-order valence-corrected chi connectivity index (χ2v) is 8.63. The number of carbonyl (C=O) groups is 1. The summed E-state index contributed by atoms with van der Waals surface area (Å²) in [6.45, 7) is 2.55. The Hall–Kier alpha value is -3.65. The van der Waals surface area contributed by atoms with Crippen LogP contribution in [-0.2, 0) is 11.0 Å². The number of carbonyl (C=O) groups excluding carboxylic acids is 1. The summed E-state index contributed by atoms with van der Waals surface area (Å²) < 4.78 is 38.9. The Morgan fingerprint density at radius 3 is 2.38 bits per heavy atom. The van der Waals surface area contributed by atoms with Crippen molar-refractivity contribution in [3.05, 3.63) is 72.3 Å². The predicted octanol–water partition coefficient (Wildman–Crippen LogP) is 6.05. The molecule has 176 valence electrons. The molecular weight excluding hydrogens is 441 g/mol. The molecule has 4 rings (SSSR count). The number of alkyl halides is 3. The van der Waals surface area contributed by atoms with Crippen molar-refractivity contribution in [1.82, 2.24) is 14.9 Å². The van der Waals surface area contributed by atoms with E-state index in [9.17, 15) is 18.0 Å². The number of halogens is 3. The van der Waals surface area contributed by atoms with Gasteiger partial charge in [0.25, 0.3) is 0 Å². The van der Waals surface area contributed by atoms with Crippen molar-refractivity contribution in [3.8, 4) is 22.5 Å². The fraction of sp³-hybridized carbons (Fsp3) is 0.231. The number of aromatic amines is 1. The van der Waals surface area contributed by atoms with Crippen molar-refractivity contribution in [1.29, 1.82) is 0 Å². The number of aromatic nitrogens is 2. The van der Waals surface area contributed by atoms with Crippen molar-refractivity contribution >= 4 is 22.6 Å². The summed E-state index contributed by atoms with van der Waals surface area (Å²) in [5.41, 5.74) is 3.44. The topological polar surface area (TPSA) is 61.0 Å². The second-order valence-electron chi connectivity index (χ2n) is 8.63. The van der Waals surface area contributed by atoms with Crippen molar-refractivity contribution in [2.24, 2.45) is 5.92 Å². The van der Waals surface area contributed by atoms with Crippen LogP contribution in [-0.4, -0.2) is 41.4 Å². The molecule has 0 spiro atoms. The Morgan fingerprint density at radius 2 is 1.71 bits per heavy atom. The van der Waals surface area contributed by atoms with Crippen LogP contribution in [0.25, 0.3) is 33.5 Å². The van der Waals surface area contributed by atoms with Crippen molar-refractivity contribution < 1.29 is 18.0 Å². The molecule has 0 aliphatic carbocycles. The highest BCUT2D eigenvalue weighted by Gasteiger charge is 2.30. The van der Waals surface area contributed by atoms with E-state index in [0.717, 1.165) is 34.5 Å². The minimum absolute atomic E-state index is 0.0419. The van der Waals surface area contributed by atoms with E-state index in [0.29, 0.717) is 23.4 Å². The SMILES string of the molecule is CC(CN(C)C)C(=O)Nc1cccc(-c2ccc(-c3nc4ccc(C(F)(F)F)cc4[nH]3)cc2)c1. The van der Waals surface area contributed by atoms with Crippen LogP contribution in [0.1, 0.15) is 12.5 Å². The maximum Gasteiger partial charge on any atom is 0.416 e. The summed E-state index contributed by atoms with van der Waals surface area (Å²) in [6.07, 6.45) is -4.40. The number of nitrogens with zero attached hydrogens (tertiary/aromatic N) is 2. The van der Waals surface area contributed by atoms with E-state index in [1.54, 1.807) is 0 Å². The number of imidazole rings is 1. The van der Waals surface area contributed by atoms with Gasteiger partial charge in [-0.1, -0.05) is 43.3 Å². The molecule has 4 aromatic rings. The molecule has 0 saturated carbocycles. The fourth-order valence-electron chi connectivity index (χ4n) is 3.82. The van der Waals surface area contributed by atoms with E-state index in [4.69, 9.17) is 0 Å². The van der Waals surface area contributed by atoms with E-state index in [1.807, 2.05) is 74.4 Å². The average Bonchev–Trinajstić information content (AvgIpc) is 3.22. The van der Waals surface area contributed by atoms with Crippen LogP contribution in [0.2, 0.25) is 0 Å². The third-order valence-corrected chi connectivity index (χ3v) is 5.52. The lowest BCUT2D eigenvalue weighted by Crippen LogP contribution is -2.29. The molecule has 1 aromatic heterocycles. The van der Waals surface area contributed by atoms with Crippen LogP contribution in [0.15, 0.2) is 66.7 Å². The summed E-state index contributed by atoms with van der Waals surface area (Å²) in [6, 6.07) is 18.6. The zero-order chi connectivity index (χ0) is 24.5. The monoisotopic (exact) mass is 466 g/mol. The molecule has 0 radical (unpaired) electrons. The molecule has 34 heavy (non-hydrogen) atoms. The van der Waals surface area contributed by atoms with Gasteiger partial charge >= 0.3 is 6.18 Å². The molecule has 0 bridgehead atoms. The van der Waals surface area contributed by atoms with Gasteiger partial charge in [0.2, 0.25) is 5.91 Å². The summed E-state index contributed by atoms with van der Waals surface area (Å²) in [5, 5.41) is 2.96. The number of hydrogen-bond donors (Lipinski definition) is 2. The number of anilines is 1. The molecule has 8 heteroatoms. The van der Waals surface area contributed by atoms with Gasteiger partial charge in [-0.15, -0.1) is 0 Å². The van der Waals surface area contributed by atoms with Crippen molar-refractivity contribution in [2.75, 3.05) is 26.0 Å². The highest BCUT2D eigenvalue weighted by Crippen LogP contribution is 2.32. The molecule has 0 saturated heterocycles. The van der Waals surface area contributed by atoms with Gasteiger partial charge in [0, 0.05) is 23.7 Å².